The van der Waals surface area contributed by atoms with Crippen molar-refractivity contribution in [2.75, 3.05) is 0 Å². The van der Waals surface area contributed by atoms with E-state index in [1.165, 1.54) is 0 Å². The van der Waals surface area contributed by atoms with E-state index in [9.17, 15) is 0 Å². The summed E-state index contributed by atoms with van der Waals surface area (Å²) in [5.74, 6) is 0. The second kappa shape index (κ2) is 7.00. The first-order valence-corrected chi connectivity index (χ1v) is 3.04. The molecule has 0 aliphatic rings. The summed E-state index contributed by atoms with van der Waals surface area (Å²) in [7, 11) is 0. The number of rotatable bonds is 3. The van der Waals surface area contributed by atoms with Crippen molar-refractivity contribution in [1.29, 1.82) is 0 Å². The molecule has 9 heavy (non-hydrogen) atoms. The topological polar surface area (TPSA) is 0 Å². The van der Waals surface area contributed by atoms with Crippen molar-refractivity contribution in [3.63, 3.8) is 0 Å². The van der Waals surface area contributed by atoms with Crippen LogP contribution >= 0.6 is 0 Å². The average molecular weight is 120 g/mol. The number of allylic oxidation sites excluding steroid dienone is 5. The van der Waals surface area contributed by atoms with Crippen molar-refractivity contribution in [1.82, 2.24) is 0 Å². The van der Waals surface area contributed by atoms with Crippen LogP contribution in [0, 0.1) is 0 Å². The first-order valence-electron chi connectivity index (χ1n) is 3.04. The Balaban J connectivity index is 3.36. The molecule has 0 heterocycles. The summed E-state index contributed by atoms with van der Waals surface area (Å²) in [6.07, 6.45) is 10.9. The summed E-state index contributed by atoms with van der Waals surface area (Å²) < 4.78 is 0. The Hall–Kier alpha value is -1.00. The van der Waals surface area contributed by atoms with Crippen molar-refractivity contribution < 1.29 is 0 Å². The molecule has 0 aromatic heterocycles. The minimum absolute atomic E-state index is 0.924. The minimum Gasteiger partial charge on any atom is -0.133 e. The van der Waals surface area contributed by atoms with Crippen LogP contribution in [0.5, 0.6) is 0 Å². The second-order valence-corrected chi connectivity index (χ2v) is 1.60. The van der Waals surface area contributed by atoms with Crippen molar-refractivity contribution in [2.24, 2.45) is 0 Å². The highest BCUT2D eigenvalue weighted by Crippen LogP contribution is 1.83. The van der Waals surface area contributed by atoms with Crippen LogP contribution in [0.3, 0.4) is 0 Å². The molecule has 0 aliphatic heterocycles. The largest absolute Gasteiger partial charge is 0.133 e. The molecule has 0 saturated heterocycles. The fourth-order valence-electron chi connectivity index (χ4n) is 0.420. The van der Waals surface area contributed by atoms with Crippen molar-refractivity contribution >= 4 is 0 Å². The van der Waals surface area contributed by atoms with Crippen LogP contribution in [0.2, 0.25) is 0 Å². The lowest BCUT2D eigenvalue weighted by Crippen LogP contribution is -1.52. The van der Waals surface area contributed by atoms with Gasteiger partial charge in [0.05, 0.1) is 0 Å². The fraction of sp³-hybridized carbons (Fsp3) is 0.222. The number of hydrogen-bond donors (Lipinski definition) is 0. The first kappa shape index (κ1) is 8.00. The zero-order valence-electron chi connectivity index (χ0n) is 5.80. The fourth-order valence-corrected chi connectivity index (χ4v) is 0.420. The molecule has 0 fully saturated rings. The van der Waals surface area contributed by atoms with Crippen LogP contribution in [0.4, 0.5) is 0 Å². The smallest absolute Gasteiger partial charge is 0.00900 e. The molecular weight excluding hydrogens is 108 g/mol. The Morgan fingerprint density at radius 3 is 2.78 bits per heavy atom. The first-order chi connectivity index (χ1) is 4.41. The van der Waals surface area contributed by atoms with E-state index in [0.29, 0.717) is 0 Å². The molecule has 0 nitrogen and oxygen atoms in total. The number of hydrogen-bond acceptors (Lipinski definition) is 0. The molecule has 0 aromatic rings. The molecular formula is C9H12. The van der Waals surface area contributed by atoms with Crippen molar-refractivity contribution in [3.05, 3.63) is 42.7 Å². The van der Waals surface area contributed by atoms with Crippen LogP contribution in [-0.4, -0.2) is 0 Å². The molecule has 0 saturated carbocycles. The maximum absolute atomic E-state index is 3.45. The van der Waals surface area contributed by atoms with E-state index in [1.54, 1.807) is 0 Å². The quantitative estimate of drug-likeness (QED) is 0.397. The van der Waals surface area contributed by atoms with Gasteiger partial charge in [-0.2, -0.15) is 0 Å². The Kier molecular flexibility index (Phi) is 6.22. The molecule has 48 valence electrons. The maximum Gasteiger partial charge on any atom is -0.00900 e. The lowest BCUT2D eigenvalue weighted by atomic mass is 10.3. The van der Waals surface area contributed by atoms with E-state index in [-0.39, 0.29) is 0 Å². The highest BCUT2D eigenvalue weighted by atomic mass is 13.7. The van der Waals surface area contributed by atoms with Gasteiger partial charge in [-0.1, -0.05) is 30.9 Å². The lowest BCUT2D eigenvalue weighted by Gasteiger charge is -1.73. The maximum atomic E-state index is 3.45. The van der Waals surface area contributed by atoms with Crippen LogP contribution in [0.15, 0.2) is 42.7 Å². The summed E-state index contributed by atoms with van der Waals surface area (Å²) in [6.45, 7) is 5.44. The molecule has 0 radical (unpaired) electrons. The van der Waals surface area contributed by atoms with E-state index in [2.05, 4.69) is 18.4 Å². The zero-order valence-corrected chi connectivity index (χ0v) is 5.80. The van der Waals surface area contributed by atoms with Gasteiger partial charge in [0.15, 0.2) is 0 Å². The normalized spacial score (nSPS) is 10.3. The Morgan fingerprint density at radius 1 is 1.44 bits per heavy atom. The van der Waals surface area contributed by atoms with Gasteiger partial charge in [0.2, 0.25) is 0 Å². The molecule has 0 unspecified atom stereocenters. The predicted molar refractivity (Wildman–Crippen MR) is 42.3 cm³/mol. The highest BCUT2D eigenvalue weighted by Gasteiger charge is 1.63. The monoisotopic (exact) mass is 120 g/mol. The molecule has 0 N–H and O–H groups in total. The zero-order chi connectivity index (χ0) is 6.95. The highest BCUT2D eigenvalue weighted by molar-refractivity contribution is 5.03. The van der Waals surface area contributed by atoms with Crippen LogP contribution < -0.4 is 0 Å². The third kappa shape index (κ3) is 7.00. The van der Waals surface area contributed by atoms with Gasteiger partial charge in [-0.25, -0.2) is 0 Å². The predicted octanol–water partition coefficient (Wildman–Crippen LogP) is 2.85. The van der Waals surface area contributed by atoms with E-state index in [0.717, 1.165) is 6.42 Å². The minimum atomic E-state index is 0.924. The van der Waals surface area contributed by atoms with Crippen molar-refractivity contribution in [3.8, 4) is 0 Å². The van der Waals surface area contributed by atoms with Gasteiger partial charge in [-0.05, 0) is 19.4 Å². The molecule has 0 bridgehead atoms. The van der Waals surface area contributed by atoms with Gasteiger partial charge in [0, 0.05) is 0 Å². The van der Waals surface area contributed by atoms with Gasteiger partial charge in [-0.15, -0.1) is 5.73 Å². The van der Waals surface area contributed by atoms with Crippen molar-refractivity contribution in [2.45, 2.75) is 13.3 Å². The summed E-state index contributed by atoms with van der Waals surface area (Å²) in [6, 6.07) is 0. The van der Waals surface area contributed by atoms with E-state index in [1.807, 2.05) is 31.2 Å². The molecule has 0 spiro atoms. The van der Waals surface area contributed by atoms with Gasteiger partial charge >= 0.3 is 0 Å². The Bertz CT molecular complexity index is 143. The Labute approximate surface area is 56.9 Å². The van der Waals surface area contributed by atoms with Gasteiger partial charge in [0.1, 0.15) is 0 Å². The van der Waals surface area contributed by atoms with Gasteiger partial charge < -0.3 is 0 Å². The van der Waals surface area contributed by atoms with Crippen LogP contribution in [0.1, 0.15) is 13.3 Å². The second-order valence-electron chi connectivity index (χ2n) is 1.60. The van der Waals surface area contributed by atoms with E-state index in [4.69, 9.17) is 0 Å². The molecule has 0 amide bonds. The summed E-state index contributed by atoms with van der Waals surface area (Å²) >= 11 is 0. The van der Waals surface area contributed by atoms with Gasteiger partial charge in [0.25, 0.3) is 0 Å². The molecule has 0 atom stereocenters. The van der Waals surface area contributed by atoms with E-state index >= 15 is 0 Å². The van der Waals surface area contributed by atoms with Crippen LogP contribution in [-0.2, 0) is 0 Å². The standard InChI is InChI=1S/C9H12/c1-3-5-7-9-8-6-4-2/h4-6,8-9H,1,7H2,2H3. The molecule has 0 rings (SSSR count). The van der Waals surface area contributed by atoms with E-state index < -0.39 is 0 Å². The third-order valence-electron chi connectivity index (χ3n) is 0.838. The SMILES string of the molecule is C=C=CCC=CC=CC. The summed E-state index contributed by atoms with van der Waals surface area (Å²) in [5, 5.41) is 0. The summed E-state index contributed by atoms with van der Waals surface area (Å²) in [5.41, 5.74) is 2.69. The van der Waals surface area contributed by atoms with Gasteiger partial charge in [-0.3, -0.25) is 0 Å². The third-order valence-corrected chi connectivity index (χ3v) is 0.838. The van der Waals surface area contributed by atoms with Crippen LogP contribution in [0.25, 0.3) is 0 Å². The summed E-state index contributed by atoms with van der Waals surface area (Å²) in [4.78, 5) is 0. The Morgan fingerprint density at radius 2 is 2.22 bits per heavy atom. The molecule has 0 aromatic carbocycles. The molecule has 0 aliphatic carbocycles. The average Bonchev–Trinajstić information content (AvgIpc) is 1.89. The lowest BCUT2D eigenvalue weighted by molar-refractivity contribution is 1.40. The molecule has 0 heteroatoms.